The van der Waals surface area contributed by atoms with Crippen LogP contribution in [-0.4, -0.2) is 12.6 Å². The van der Waals surface area contributed by atoms with E-state index in [0.717, 1.165) is 12.3 Å². The van der Waals surface area contributed by atoms with E-state index >= 15 is 0 Å². The third-order valence-corrected chi connectivity index (χ3v) is 3.14. The highest BCUT2D eigenvalue weighted by Gasteiger charge is 2.27. The van der Waals surface area contributed by atoms with Crippen molar-refractivity contribution in [1.29, 1.82) is 0 Å². The fourth-order valence-corrected chi connectivity index (χ4v) is 2.48. The van der Waals surface area contributed by atoms with Gasteiger partial charge in [0.1, 0.15) is 5.76 Å². The minimum atomic E-state index is 0.596. The summed E-state index contributed by atoms with van der Waals surface area (Å²) >= 11 is 0. The maximum atomic E-state index is 5.51. The monoisotopic (exact) mass is 193 g/mol. The molecule has 1 aliphatic rings. The van der Waals surface area contributed by atoms with Crippen molar-refractivity contribution in [3.05, 3.63) is 24.2 Å². The van der Waals surface area contributed by atoms with Crippen molar-refractivity contribution in [2.24, 2.45) is 0 Å². The van der Waals surface area contributed by atoms with Gasteiger partial charge in [0.2, 0.25) is 0 Å². The van der Waals surface area contributed by atoms with E-state index in [1.54, 1.807) is 6.26 Å². The Hall–Kier alpha value is -0.760. The molecule has 1 N–H and O–H groups in total. The van der Waals surface area contributed by atoms with Gasteiger partial charge in [-0.2, -0.15) is 0 Å². The van der Waals surface area contributed by atoms with Crippen LogP contribution in [0.4, 0.5) is 0 Å². The van der Waals surface area contributed by atoms with Crippen molar-refractivity contribution in [3.8, 4) is 0 Å². The van der Waals surface area contributed by atoms with E-state index in [2.05, 4.69) is 18.3 Å². The third-order valence-electron chi connectivity index (χ3n) is 3.14. The van der Waals surface area contributed by atoms with Gasteiger partial charge in [-0.05, 0) is 31.5 Å². The lowest BCUT2D eigenvalue weighted by Gasteiger charge is -2.30. The predicted octanol–water partition coefficient (Wildman–Crippen LogP) is 2.92. The van der Waals surface area contributed by atoms with Gasteiger partial charge in [0.15, 0.2) is 0 Å². The second-order valence-corrected chi connectivity index (χ2v) is 4.07. The first kappa shape index (κ1) is 9.78. The average molecular weight is 193 g/mol. The van der Waals surface area contributed by atoms with E-state index in [4.69, 9.17) is 4.42 Å². The van der Waals surface area contributed by atoms with E-state index in [9.17, 15) is 0 Å². The zero-order valence-corrected chi connectivity index (χ0v) is 8.83. The van der Waals surface area contributed by atoms with E-state index in [1.165, 1.54) is 25.7 Å². The largest absolute Gasteiger partial charge is 0.469 e. The van der Waals surface area contributed by atoms with Crippen LogP contribution in [0.25, 0.3) is 0 Å². The summed E-state index contributed by atoms with van der Waals surface area (Å²) in [6.07, 6.45) is 7.04. The molecule has 1 aromatic heterocycles. The van der Waals surface area contributed by atoms with Crippen LogP contribution in [0.1, 0.15) is 44.3 Å². The summed E-state index contributed by atoms with van der Waals surface area (Å²) in [7, 11) is 0. The summed E-state index contributed by atoms with van der Waals surface area (Å²) < 4.78 is 5.51. The Morgan fingerprint density at radius 3 is 3.00 bits per heavy atom. The molecule has 0 radical (unpaired) electrons. The summed E-state index contributed by atoms with van der Waals surface area (Å²) in [5.74, 6) is 1.76. The number of likely N-dealkylation sites (N-methyl/N-ethyl adjacent to an activating group) is 1. The number of rotatable bonds is 3. The summed E-state index contributed by atoms with van der Waals surface area (Å²) in [6, 6.07) is 4.73. The molecule has 1 aliphatic carbocycles. The second-order valence-electron chi connectivity index (χ2n) is 4.07. The molecular weight excluding hydrogens is 174 g/mol. The zero-order valence-electron chi connectivity index (χ0n) is 8.83. The molecule has 1 aromatic rings. The van der Waals surface area contributed by atoms with Crippen molar-refractivity contribution >= 4 is 0 Å². The van der Waals surface area contributed by atoms with Gasteiger partial charge < -0.3 is 9.73 Å². The molecule has 1 saturated carbocycles. The van der Waals surface area contributed by atoms with Crippen LogP contribution in [0.3, 0.4) is 0 Å². The van der Waals surface area contributed by atoms with Crippen LogP contribution in [0.15, 0.2) is 22.8 Å². The van der Waals surface area contributed by atoms with Crippen LogP contribution in [0, 0.1) is 0 Å². The molecule has 2 nitrogen and oxygen atoms in total. The smallest absolute Gasteiger partial charge is 0.108 e. The van der Waals surface area contributed by atoms with Crippen LogP contribution in [-0.2, 0) is 0 Å². The van der Waals surface area contributed by atoms with E-state index in [1.807, 2.05) is 6.07 Å². The Morgan fingerprint density at radius 1 is 1.43 bits per heavy atom. The summed E-state index contributed by atoms with van der Waals surface area (Å²) in [6.45, 7) is 3.23. The lowest BCUT2D eigenvalue weighted by molar-refractivity contribution is 0.296. The fraction of sp³-hybridized carbons (Fsp3) is 0.667. The molecule has 1 heterocycles. The minimum Gasteiger partial charge on any atom is -0.469 e. The quantitative estimate of drug-likeness (QED) is 0.798. The van der Waals surface area contributed by atoms with Crippen molar-refractivity contribution in [2.75, 3.05) is 6.54 Å². The van der Waals surface area contributed by atoms with E-state index in [-0.39, 0.29) is 0 Å². The maximum Gasteiger partial charge on any atom is 0.108 e. The molecular formula is C12H19NO. The molecule has 2 rings (SSSR count). The van der Waals surface area contributed by atoms with Gasteiger partial charge in [0.25, 0.3) is 0 Å². The number of hydrogen-bond acceptors (Lipinski definition) is 2. The van der Waals surface area contributed by atoms with Gasteiger partial charge >= 0.3 is 0 Å². The number of hydrogen-bond donors (Lipinski definition) is 1. The Balaban J connectivity index is 2.06. The SMILES string of the molecule is CCNC1CCCCC1c1ccco1. The molecule has 2 heteroatoms. The van der Waals surface area contributed by atoms with E-state index < -0.39 is 0 Å². The highest BCUT2D eigenvalue weighted by atomic mass is 16.3. The summed E-state index contributed by atoms with van der Waals surface area (Å²) in [5, 5.41) is 3.56. The van der Waals surface area contributed by atoms with Crippen molar-refractivity contribution in [1.82, 2.24) is 5.32 Å². The average Bonchev–Trinajstić information content (AvgIpc) is 2.72. The maximum absolute atomic E-state index is 5.51. The van der Waals surface area contributed by atoms with Gasteiger partial charge in [0, 0.05) is 12.0 Å². The standard InChI is InChI=1S/C12H19NO/c1-2-13-11-7-4-3-6-10(11)12-8-5-9-14-12/h5,8-11,13H,2-4,6-7H2,1H3. The van der Waals surface area contributed by atoms with Crippen LogP contribution in [0.2, 0.25) is 0 Å². The van der Waals surface area contributed by atoms with E-state index in [0.29, 0.717) is 12.0 Å². The van der Waals surface area contributed by atoms with Gasteiger partial charge in [-0.3, -0.25) is 0 Å². The van der Waals surface area contributed by atoms with Crippen LogP contribution >= 0.6 is 0 Å². The highest BCUT2D eigenvalue weighted by molar-refractivity contribution is 5.09. The Kier molecular flexibility index (Phi) is 3.25. The molecule has 0 amide bonds. The Labute approximate surface area is 85.7 Å². The molecule has 0 bridgehead atoms. The normalized spacial score (nSPS) is 27.8. The van der Waals surface area contributed by atoms with Gasteiger partial charge in [-0.15, -0.1) is 0 Å². The lowest BCUT2D eigenvalue weighted by Crippen LogP contribution is -2.36. The molecule has 14 heavy (non-hydrogen) atoms. The minimum absolute atomic E-state index is 0.596. The summed E-state index contributed by atoms with van der Waals surface area (Å²) in [4.78, 5) is 0. The first-order valence-corrected chi connectivity index (χ1v) is 5.68. The lowest BCUT2D eigenvalue weighted by atomic mass is 9.83. The predicted molar refractivity (Wildman–Crippen MR) is 57.4 cm³/mol. The third kappa shape index (κ3) is 2.01. The van der Waals surface area contributed by atoms with Crippen molar-refractivity contribution in [2.45, 2.75) is 44.6 Å². The van der Waals surface area contributed by atoms with Crippen molar-refractivity contribution < 1.29 is 4.42 Å². The molecule has 0 spiro atoms. The first-order valence-electron chi connectivity index (χ1n) is 5.68. The highest BCUT2D eigenvalue weighted by Crippen LogP contribution is 2.33. The van der Waals surface area contributed by atoms with Gasteiger partial charge in [-0.1, -0.05) is 19.8 Å². The zero-order chi connectivity index (χ0) is 9.80. The topological polar surface area (TPSA) is 25.2 Å². The van der Waals surface area contributed by atoms with Crippen LogP contribution < -0.4 is 5.32 Å². The molecule has 1 fully saturated rings. The van der Waals surface area contributed by atoms with Crippen molar-refractivity contribution in [3.63, 3.8) is 0 Å². The van der Waals surface area contributed by atoms with Crippen LogP contribution in [0.5, 0.6) is 0 Å². The molecule has 78 valence electrons. The molecule has 0 aliphatic heterocycles. The Morgan fingerprint density at radius 2 is 2.29 bits per heavy atom. The Bertz CT molecular complexity index is 253. The fourth-order valence-electron chi connectivity index (χ4n) is 2.48. The summed E-state index contributed by atoms with van der Waals surface area (Å²) in [5.41, 5.74) is 0. The second kappa shape index (κ2) is 4.65. The van der Waals surface area contributed by atoms with Gasteiger partial charge in [0.05, 0.1) is 6.26 Å². The first-order chi connectivity index (χ1) is 6.92. The molecule has 0 saturated heterocycles. The molecule has 0 aromatic carbocycles. The number of nitrogens with one attached hydrogen (secondary N) is 1. The molecule has 2 atom stereocenters. The van der Waals surface area contributed by atoms with Gasteiger partial charge in [-0.25, -0.2) is 0 Å². The number of furan rings is 1. The molecule has 2 unspecified atom stereocenters.